The molecule has 0 unspecified atom stereocenters. The Morgan fingerprint density at radius 2 is 1.84 bits per heavy atom. The molecular formula is C19H21F3N2O. The molecule has 2 aromatic carbocycles. The maximum atomic E-state index is 13.0. The number of benzene rings is 2. The van der Waals surface area contributed by atoms with Gasteiger partial charge in [-0.1, -0.05) is 24.3 Å². The summed E-state index contributed by atoms with van der Waals surface area (Å²) in [4.78, 5) is 14.1. The molecule has 25 heavy (non-hydrogen) atoms. The zero-order chi connectivity index (χ0) is 18.4. The highest BCUT2D eigenvalue weighted by molar-refractivity contribution is 5.92. The summed E-state index contributed by atoms with van der Waals surface area (Å²) in [6.07, 6.45) is -4.39. The van der Waals surface area contributed by atoms with Gasteiger partial charge in [-0.05, 0) is 43.7 Å². The van der Waals surface area contributed by atoms with Gasteiger partial charge in [0.05, 0.1) is 11.3 Å². The number of carbonyl (C=O) groups excluding carboxylic acids is 1. The Morgan fingerprint density at radius 1 is 1.12 bits per heavy atom. The minimum atomic E-state index is -4.50. The molecule has 1 N–H and O–H groups in total. The van der Waals surface area contributed by atoms with Crippen molar-refractivity contribution in [2.45, 2.75) is 26.4 Å². The normalized spacial score (nSPS) is 11.2. The molecule has 3 nitrogen and oxygen atoms in total. The smallest absolute Gasteiger partial charge is 0.371 e. The summed E-state index contributed by atoms with van der Waals surface area (Å²) in [5.74, 6) is -0.442. The Bertz CT molecular complexity index is 729. The number of nitrogens with one attached hydrogen (secondary N) is 1. The molecule has 1 amide bonds. The molecule has 0 fully saturated rings. The first-order valence-corrected chi connectivity index (χ1v) is 8.09. The second kappa shape index (κ2) is 8.05. The van der Waals surface area contributed by atoms with E-state index in [4.69, 9.17) is 0 Å². The van der Waals surface area contributed by atoms with Crippen LogP contribution in [0.5, 0.6) is 0 Å². The van der Waals surface area contributed by atoms with Crippen LogP contribution < -0.4 is 10.2 Å². The van der Waals surface area contributed by atoms with Gasteiger partial charge in [-0.15, -0.1) is 0 Å². The average molecular weight is 350 g/mol. The zero-order valence-electron chi connectivity index (χ0n) is 14.2. The Hall–Kier alpha value is -2.50. The van der Waals surface area contributed by atoms with Gasteiger partial charge in [0.1, 0.15) is 0 Å². The largest absolute Gasteiger partial charge is 0.418 e. The van der Waals surface area contributed by atoms with Crippen molar-refractivity contribution in [3.8, 4) is 0 Å². The van der Waals surface area contributed by atoms with E-state index in [1.54, 1.807) is 0 Å². The molecule has 0 bridgehead atoms. The molecule has 0 atom stereocenters. The van der Waals surface area contributed by atoms with Crippen LogP contribution in [0.3, 0.4) is 0 Å². The van der Waals surface area contributed by atoms with E-state index in [0.717, 1.165) is 17.3 Å². The molecule has 134 valence electrons. The van der Waals surface area contributed by atoms with Crippen LogP contribution in [0.15, 0.2) is 48.5 Å². The lowest BCUT2D eigenvalue weighted by atomic mass is 10.1. The van der Waals surface area contributed by atoms with Crippen LogP contribution in [0, 0.1) is 6.92 Å². The molecule has 0 aromatic heterocycles. The van der Waals surface area contributed by atoms with Gasteiger partial charge < -0.3 is 10.2 Å². The number of hydrogen-bond donors (Lipinski definition) is 1. The van der Waals surface area contributed by atoms with Gasteiger partial charge in [0, 0.05) is 25.2 Å². The van der Waals surface area contributed by atoms with Crippen LogP contribution in [0.1, 0.15) is 24.5 Å². The molecule has 2 rings (SSSR count). The predicted octanol–water partition coefficient (Wildman–Crippen LogP) is 4.87. The number of hydrogen-bond acceptors (Lipinski definition) is 2. The lowest BCUT2D eigenvalue weighted by molar-refractivity contribution is -0.137. The summed E-state index contributed by atoms with van der Waals surface area (Å²) in [6, 6.07) is 12.9. The molecule has 0 aliphatic heterocycles. The van der Waals surface area contributed by atoms with Crippen molar-refractivity contribution in [3.63, 3.8) is 0 Å². The van der Waals surface area contributed by atoms with E-state index in [1.807, 2.05) is 43.0 Å². The van der Waals surface area contributed by atoms with Crippen LogP contribution in [-0.4, -0.2) is 19.0 Å². The van der Waals surface area contributed by atoms with E-state index in [9.17, 15) is 18.0 Å². The number of halogens is 3. The topological polar surface area (TPSA) is 32.3 Å². The van der Waals surface area contributed by atoms with Crippen LogP contribution >= 0.6 is 0 Å². The van der Waals surface area contributed by atoms with Gasteiger partial charge in [0.15, 0.2) is 0 Å². The second-order valence-electron chi connectivity index (χ2n) is 5.76. The number of para-hydroxylation sites is 1. The third-order valence-electron chi connectivity index (χ3n) is 3.86. The monoisotopic (exact) mass is 350 g/mol. The van der Waals surface area contributed by atoms with Gasteiger partial charge in [-0.3, -0.25) is 4.79 Å². The van der Waals surface area contributed by atoms with Crippen LogP contribution in [0.4, 0.5) is 24.5 Å². The van der Waals surface area contributed by atoms with Crippen molar-refractivity contribution in [3.05, 3.63) is 59.7 Å². The first kappa shape index (κ1) is 18.8. The fourth-order valence-corrected chi connectivity index (χ4v) is 2.58. The zero-order valence-corrected chi connectivity index (χ0v) is 14.2. The van der Waals surface area contributed by atoms with Gasteiger partial charge in [0.2, 0.25) is 5.91 Å². The number of carbonyl (C=O) groups is 1. The van der Waals surface area contributed by atoms with Gasteiger partial charge in [-0.25, -0.2) is 0 Å². The maximum Gasteiger partial charge on any atom is 0.418 e. The lowest BCUT2D eigenvalue weighted by Gasteiger charge is -2.23. The SMILES string of the molecule is CCN(CCC(=O)Nc1ccccc1C(F)(F)F)c1cccc(C)c1. The number of amides is 1. The molecule has 0 saturated carbocycles. The van der Waals surface area contributed by atoms with E-state index >= 15 is 0 Å². The van der Waals surface area contributed by atoms with E-state index in [2.05, 4.69) is 5.32 Å². The summed E-state index contributed by atoms with van der Waals surface area (Å²) < 4.78 is 38.9. The highest BCUT2D eigenvalue weighted by atomic mass is 19.4. The third-order valence-corrected chi connectivity index (χ3v) is 3.86. The van der Waals surface area contributed by atoms with Crippen LogP contribution in [0.2, 0.25) is 0 Å². The summed E-state index contributed by atoms with van der Waals surface area (Å²) in [7, 11) is 0. The highest BCUT2D eigenvalue weighted by Crippen LogP contribution is 2.34. The molecule has 0 heterocycles. The molecule has 0 aliphatic rings. The van der Waals surface area contributed by atoms with Crippen molar-refractivity contribution >= 4 is 17.3 Å². The number of rotatable bonds is 6. The van der Waals surface area contributed by atoms with Gasteiger partial charge in [0.25, 0.3) is 0 Å². The number of nitrogens with zero attached hydrogens (tertiary/aromatic N) is 1. The van der Waals surface area contributed by atoms with Crippen LogP contribution in [0.25, 0.3) is 0 Å². The van der Waals surface area contributed by atoms with Gasteiger partial charge in [-0.2, -0.15) is 13.2 Å². The van der Waals surface area contributed by atoms with Crippen LogP contribution in [-0.2, 0) is 11.0 Å². The second-order valence-corrected chi connectivity index (χ2v) is 5.76. The Kier molecular flexibility index (Phi) is 6.07. The molecule has 2 aromatic rings. The summed E-state index contributed by atoms with van der Waals surface area (Å²) in [6.45, 7) is 5.09. The van der Waals surface area contributed by atoms with Crippen molar-refractivity contribution in [1.29, 1.82) is 0 Å². The standard InChI is InChI=1S/C19H21F3N2O/c1-3-24(15-8-6-7-14(2)13-15)12-11-18(25)23-17-10-5-4-9-16(17)19(20,21)22/h4-10,13H,3,11-12H2,1-2H3,(H,23,25). The van der Waals surface area contributed by atoms with Crippen molar-refractivity contribution in [2.75, 3.05) is 23.3 Å². The van der Waals surface area contributed by atoms with Gasteiger partial charge >= 0.3 is 6.18 Å². The van der Waals surface area contributed by atoms with Crippen molar-refractivity contribution < 1.29 is 18.0 Å². The fourth-order valence-electron chi connectivity index (χ4n) is 2.58. The molecule has 0 spiro atoms. The fraction of sp³-hybridized carbons (Fsp3) is 0.316. The summed E-state index contributed by atoms with van der Waals surface area (Å²) in [5.41, 5.74) is 1.05. The van der Waals surface area contributed by atoms with E-state index in [1.165, 1.54) is 18.2 Å². The molecule has 0 radical (unpaired) electrons. The Morgan fingerprint density at radius 3 is 2.48 bits per heavy atom. The minimum Gasteiger partial charge on any atom is -0.371 e. The number of aryl methyl sites for hydroxylation is 1. The first-order valence-electron chi connectivity index (χ1n) is 8.09. The Balaban J connectivity index is 2.01. The quantitative estimate of drug-likeness (QED) is 0.806. The first-order chi connectivity index (χ1) is 11.8. The molecule has 0 saturated heterocycles. The number of alkyl halides is 3. The molecular weight excluding hydrogens is 329 g/mol. The summed E-state index contributed by atoms with van der Waals surface area (Å²) >= 11 is 0. The van der Waals surface area contributed by atoms with E-state index in [0.29, 0.717) is 13.1 Å². The maximum absolute atomic E-state index is 13.0. The molecule has 0 aliphatic carbocycles. The third kappa shape index (κ3) is 5.24. The highest BCUT2D eigenvalue weighted by Gasteiger charge is 2.33. The minimum absolute atomic E-state index is 0.105. The predicted molar refractivity (Wildman–Crippen MR) is 93.8 cm³/mol. The lowest BCUT2D eigenvalue weighted by Crippen LogP contribution is -2.28. The van der Waals surface area contributed by atoms with Crippen molar-refractivity contribution in [2.24, 2.45) is 0 Å². The van der Waals surface area contributed by atoms with E-state index in [-0.39, 0.29) is 12.1 Å². The number of anilines is 2. The Labute approximate surface area is 145 Å². The van der Waals surface area contributed by atoms with E-state index < -0.39 is 17.6 Å². The molecule has 6 heteroatoms. The summed E-state index contributed by atoms with van der Waals surface area (Å²) in [5, 5.41) is 2.37. The van der Waals surface area contributed by atoms with Crippen molar-refractivity contribution in [1.82, 2.24) is 0 Å². The average Bonchev–Trinajstić information content (AvgIpc) is 2.55.